The summed E-state index contributed by atoms with van der Waals surface area (Å²) in [5.74, 6) is 0. The van der Waals surface area contributed by atoms with Crippen molar-refractivity contribution in [2.75, 3.05) is 22.9 Å². The Morgan fingerprint density at radius 1 is 0.692 bits per heavy atom. The summed E-state index contributed by atoms with van der Waals surface area (Å²) in [7, 11) is 0. The maximum absolute atomic E-state index is 10.7. The molecule has 0 amide bonds. The van der Waals surface area contributed by atoms with Crippen molar-refractivity contribution in [3.8, 4) is 18.2 Å². The number of hydrogen-bond acceptors (Lipinski definition) is 13. The van der Waals surface area contributed by atoms with Crippen LogP contribution in [0, 0.1) is 75.0 Å². The molecule has 0 saturated carbocycles. The Morgan fingerprint density at radius 2 is 1.26 bits per heavy atom. The zero-order valence-electron chi connectivity index (χ0n) is 20.7. The number of nitriles is 3. The molecular weight excluding hydrogens is 506 g/mol. The molecule has 3 aromatic carbocycles. The molecule has 8 N–H and O–H groups in total. The van der Waals surface area contributed by atoms with Crippen LogP contribution in [-0.4, -0.2) is 19.8 Å². The maximum atomic E-state index is 10.7. The van der Waals surface area contributed by atoms with Gasteiger partial charge in [-0.1, -0.05) is 0 Å². The van der Waals surface area contributed by atoms with Gasteiger partial charge in [-0.2, -0.15) is 15.8 Å². The van der Waals surface area contributed by atoms with Gasteiger partial charge in [0, 0.05) is 17.3 Å². The van der Waals surface area contributed by atoms with Gasteiger partial charge in [0.05, 0.1) is 43.4 Å². The van der Waals surface area contributed by atoms with Crippen LogP contribution < -0.4 is 22.9 Å². The highest BCUT2D eigenvalue weighted by Gasteiger charge is 2.28. The van der Waals surface area contributed by atoms with Crippen LogP contribution in [0.5, 0.6) is 0 Å². The van der Waals surface area contributed by atoms with Gasteiger partial charge in [-0.15, -0.1) is 0 Å². The van der Waals surface area contributed by atoms with Gasteiger partial charge >= 0.3 is 5.69 Å². The first-order valence-electron chi connectivity index (χ1n) is 10.8. The summed E-state index contributed by atoms with van der Waals surface area (Å²) in [6.45, 7) is 4.79. The van der Waals surface area contributed by atoms with Crippen molar-refractivity contribution in [3.05, 3.63) is 65.7 Å². The molecule has 39 heavy (non-hydrogen) atoms. The minimum absolute atomic E-state index is 0.161. The summed E-state index contributed by atoms with van der Waals surface area (Å²) in [6, 6.07) is 8.14. The normalized spacial score (nSPS) is 10.2. The number of anilines is 4. The van der Waals surface area contributed by atoms with Gasteiger partial charge in [0.25, 0.3) is 5.69 Å². The zero-order valence-corrected chi connectivity index (χ0v) is 20.7. The molecule has 0 spiro atoms. The molecule has 0 saturated heterocycles. The summed E-state index contributed by atoms with van der Waals surface area (Å²) in [4.78, 5) is 28.7. The van der Waals surface area contributed by atoms with Crippen molar-refractivity contribution in [2.24, 2.45) is 0 Å². The topological polar surface area (TPSA) is 288 Å². The lowest BCUT2D eigenvalue weighted by molar-refractivity contribution is -0.394. The van der Waals surface area contributed by atoms with E-state index in [1.165, 1.54) is 6.92 Å². The third-order valence-corrected chi connectivity index (χ3v) is 6.09. The SMILES string of the molecule is Cc1c(N)cc(C#N)c2nc3c(C#N)c(N)c(N)c(C)c3nc12.Cc1c([N+](=O)[O-])cc(C#N)c(N)c1[N+](=O)[O-]. The molecule has 15 nitrogen and oxygen atoms in total. The minimum atomic E-state index is -0.835. The number of nitrogen functional groups attached to an aromatic ring is 4. The fourth-order valence-electron chi connectivity index (χ4n) is 3.87. The predicted molar refractivity (Wildman–Crippen MR) is 143 cm³/mol. The molecule has 0 aliphatic carbocycles. The summed E-state index contributed by atoms with van der Waals surface area (Å²) < 4.78 is 0. The smallest absolute Gasteiger partial charge is 0.303 e. The number of nitrogens with zero attached hydrogens (tertiary/aromatic N) is 7. The van der Waals surface area contributed by atoms with E-state index in [9.17, 15) is 30.8 Å². The molecule has 0 fully saturated rings. The number of fused-ring (bicyclic) bond motifs is 2. The Balaban J connectivity index is 0.000000231. The lowest BCUT2D eigenvalue weighted by Crippen LogP contribution is -2.05. The highest BCUT2D eigenvalue weighted by atomic mass is 16.6. The van der Waals surface area contributed by atoms with Gasteiger partial charge < -0.3 is 22.9 Å². The Kier molecular flexibility index (Phi) is 7.01. The Bertz CT molecular complexity index is 1880. The second-order valence-electron chi connectivity index (χ2n) is 8.26. The van der Waals surface area contributed by atoms with Crippen LogP contribution in [0.2, 0.25) is 0 Å². The summed E-state index contributed by atoms with van der Waals surface area (Å²) in [5.41, 5.74) is 25.9. The van der Waals surface area contributed by atoms with Crippen LogP contribution in [0.4, 0.5) is 34.1 Å². The number of rotatable bonds is 2. The Labute approximate surface area is 219 Å². The van der Waals surface area contributed by atoms with Crippen LogP contribution in [0.3, 0.4) is 0 Å². The molecule has 0 radical (unpaired) electrons. The first-order chi connectivity index (χ1) is 18.3. The molecule has 0 atom stereocenters. The highest BCUT2D eigenvalue weighted by molar-refractivity contribution is 6.01. The van der Waals surface area contributed by atoms with E-state index in [-0.39, 0.29) is 28.1 Å². The number of aryl methyl sites for hydroxylation is 2. The molecule has 4 rings (SSSR count). The van der Waals surface area contributed by atoms with Crippen molar-refractivity contribution < 1.29 is 9.85 Å². The van der Waals surface area contributed by atoms with Crippen molar-refractivity contribution in [3.63, 3.8) is 0 Å². The number of hydrogen-bond donors (Lipinski definition) is 4. The lowest BCUT2D eigenvalue weighted by Gasteiger charge is -2.13. The maximum Gasteiger partial charge on any atom is 0.303 e. The van der Waals surface area contributed by atoms with Gasteiger partial charge in [-0.25, -0.2) is 9.97 Å². The standard InChI is InChI=1S/C16H13N7.C8H6N4O4/c1-6-10(19)3-8(4-17)15-13(6)22-14-7(2)11(20)12(21)9(5-18)16(14)23-15;1-4-6(11(13)14)2-5(3-9)7(10)8(4)12(15)16/h3H,19-21H2,1-2H3;2H,10H2,1H3. The zero-order chi connectivity index (χ0) is 29.3. The van der Waals surface area contributed by atoms with Crippen LogP contribution in [0.1, 0.15) is 33.4 Å². The molecule has 15 heteroatoms. The van der Waals surface area contributed by atoms with Crippen LogP contribution in [0.15, 0.2) is 12.1 Å². The van der Waals surface area contributed by atoms with E-state index in [2.05, 4.69) is 16.0 Å². The number of aromatic nitrogens is 2. The molecule has 0 unspecified atom stereocenters. The molecule has 1 aromatic heterocycles. The fraction of sp³-hybridized carbons (Fsp3) is 0.125. The van der Waals surface area contributed by atoms with Gasteiger partial charge in [0.2, 0.25) is 0 Å². The average molecular weight is 525 g/mol. The molecule has 194 valence electrons. The van der Waals surface area contributed by atoms with Gasteiger partial charge in [-0.05, 0) is 32.4 Å². The average Bonchev–Trinajstić information content (AvgIpc) is 2.89. The summed E-state index contributed by atoms with van der Waals surface area (Å²) in [6.07, 6.45) is 0. The van der Waals surface area contributed by atoms with Crippen molar-refractivity contribution in [1.82, 2.24) is 9.97 Å². The van der Waals surface area contributed by atoms with Crippen LogP contribution in [0.25, 0.3) is 22.1 Å². The van der Waals surface area contributed by atoms with Crippen molar-refractivity contribution >= 4 is 56.2 Å². The summed E-state index contributed by atoms with van der Waals surface area (Å²) in [5, 5.41) is 48.6. The third-order valence-electron chi connectivity index (χ3n) is 6.09. The molecule has 0 bridgehead atoms. The minimum Gasteiger partial charge on any atom is -0.398 e. The van der Waals surface area contributed by atoms with Crippen LogP contribution >= 0.6 is 0 Å². The van der Waals surface area contributed by atoms with E-state index in [0.717, 1.165) is 11.6 Å². The second kappa shape index (κ2) is 10.0. The first kappa shape index (κ1) is 27.3. The quantitative estimate of drug-likeness (QED) is 0.127. The lowest BCUT2D eigenvalue weighted by atomic mass is 10.0. The van der Waals surface area contributed by atoms with E-state index in [0.29, 0.717) is 44.6 Å². The predicted octanol–water partition coefficient (Wildman–Crippen LogP) is 3.16. The van der Waals surface area contributed by atoms with Crippen molar-refractivity contribution in [2.45, 2.75) is 20.8 Å². The second-order valence-corrected chi connectivity index (χ2v) is 8.26. The molecular formula is C24H19N11O4. The molecule has 0 aliphatic rings. The number of benzene rings is 3. The van der Waals surface area contributed by atoms with Gasteiger partial charge in [0.15, 0.2) is 0 Å². The Morgan fingerprint density at radius 3 is 1.77 bits per heavy atom. The molecule has 1 heterocycles. The van der Waals surface area contributed by atoms with Gasteiger partial charge in [-0.3, -0.25) is 20.2 Å². The van der Waals surface area contributed by atoms with E-state index in [1.54, 1.807) is 26.0 Å². The van der Waals surface area contributed by atoms with Gasteiger partial charge in [0.1, 0.15) is 46.1 Å². The van der Waals surface area contributed by atoms with E-state index >= 15 is 0 Å². The van der Waals surface area contributed by atoms with E-state index < -0.39 is 21.2 Å². The van der Waals surface area contributed by atoms with Crippen LogP contribution in [-0.2, 0) is 0 Å². The molecule has 0 aliphatic heterocycles. The highest BCUT2D eigenvalue weighted by Crippen LogP contribution is 2.36. The van der Waals surface area contributed by atoms with Crippen molar-refractivity contribution in [1.29, 1.82) is 15.8 Å². The van der Waals surface area contributed by atoms with E-state index in [4.69, 9.17) is 28.2 Å². The third kappa shape index (κ3) is 4.41. The number of nitro benzene ring substituents is 2. The first-order valence-corrected chi connectivity index (χ1v) is 10.8. The largest absolute Gasteiger partial charge is 0.398 e. The number of nitrogens with two attached hydrogens (primary N) is 4. The van der Waals surface area contributed by atoms with E-state index in [1.807, 2.05) is 6.07 Å². The monoisotopic (exact) mass is 525 g/mol. The Hall–Kier alpha value is -6.27. The fourth-order valence-corrected chi connectivity index (χ4v) is 3.87. The summed E-state index contributed by atoms with van der Waals surface area (Å²) >= 11 is 0. The number of nitro groups is 2. The molecule has 4 aromatic rings.